The Morgan fingerprint density at radius 3 is 2.67 bits per heavy atom. The number of fused-ring (bicyclic) bond motifs is 1. The molecule has 138 valence electrons. The number of nitrogen functional groups attached to an aromatic ring is 1. The summed E-state index contributed by atoms with van der Waals surface area (Å²) in [5.41, 5.74) is 8.45. The Labute approximate surface area is 154 Å². The van der Waals surface area contributed by atoms with Gasteiger partial charge in [0.1, 0.15) is 0 Å². The number of aliphatic hydroxyl groups excluding tert-OH is 1. The van der Waals surface area contributed by atoms with Crippen LogP contribution in [0.4, 0.5) is 14.5 Å². The van der Waals surface area contributed by atoms with Crippen molar-refractivity contribution >= 4 is 16.6 Å². The van der Waals surface area contributed by atoms with E-state index in [0.717, 1.165) is 11.1 Å². The molecule has 3 N–H and O–H groups in total. The number of rotatable bonds is 3. The molecule has 0 aliphatic heterocycles. The van der Waals surface area contributed by atoms with Gasteiger partial charge < -0.3 is 15.4 Å². The van der Waals surface area contributed by atoms with Gasteiger partial charge in [-0.2, -0.15) is 5.26 Å². The molecule has 0 spiro atoms. The molecule has 1 aliphatic carbocycles. The van der Waals surface area contributed by atoms with E-state index in [-0.39, 0.29) is 29.0 Å². The smallest absolute Gasteiger partial charge is 0.266 e. The molecule has 27 heavy (non-hydrogen) atoms. The molecule has 1 fully saturated rings. The van der Waals surface area contributed by atoms with Gasteiger partial charge in [0.05, 0.1) is 35.2 Å². The largest absolute Gasteiger partial charge is 0.397 e. The number of anilines is 1. The summed E-state index contributed by atoms with van der Waals surface area (Å²) in [5.74, 6) is 0. The number of hydrogen-bond donors (Lipinski definition) is 2. The third-order valence-electron chi connectivity index (χ3n) is 5.31. The van der Waals surface area contributed by atoms with Crippen LogP contribution >= 0.6 is 0 Å². The van der Waals surface area contributed by atoms with Crippen LogP contribution in [0, 0.1) is 18.3 Å². The molecule has 7 heteroatoms. The summed E-state index contributed by atoms with van der Waals surface area (Å²) in [5, 5.41) is 19.8. The zero-order valence-corrected chi connectivity index (χ0v) is 14.7. The lowest BCUT2D eigenvalue weighted by Gasteiger charge is -2.33. The third-order valence-corrected chi connectivity index (χ3v) is 5.31. The third kappa shape index (κ3) is 2.73. The number of benzene rings is 1. The van der Waals surface area contributed by atoms with Gasteiger partial charge in [0.2, 0.25) is 0 Å². The summed E-state index contributed by atoms with van der Waals surface area (Å²) in [6.45, 7) is 1.84. The van der Waals surface area contributed by atoms with Crippen molar-refractivity contribution in [1.29, 1.82) is 5.26 Å². The minimum atomic E-state index is -2.74. The fourth-order valence-electron chi connectivity index (χ4n) is 3.77. The van der Waals surface area contributed by atoms with Gasteiger partial charge in [-0.05, 0) is 37.5 Å². The number of aliphatic hydroxyl groups is 1. The Balaban J connectivity index is 2.02. The molecular weight excluding hydrogens is 350 g/mol. The van der Waals surface area contributed by atoms with Crippen molar-refractivity contribution in [1.82, 2.24) is 9.55 Å². The number of aryl methyl sites for hydroxylation is 1. The number of aromatic nitrogens is 2. The second kappa shape index (κ2) is 6.32. The highest BCUT2D eigenvalue weighted by molar-refractivity contribution is 5.98. The maximum atomic E-state index is 13.7. The van der Waals surface area contributed by atoms with E-state index < -0.39 is 6.43 Å². The van der Waals surface area contributed by atoms with E-state index in [2.05, 4.69) is 11.1 Å². The van der Waals surface area contributed by atoms with Crippen molar-refractivity contribution in [2.75, 3.05) is 5.73 Å². The Morgan fingerprint density at radius 1 is 1.30 bits per heavy atom. The first-order valence-electron chi connectivity index (χ1n) is 8.66. The van der Waals surface area contributed by atoms with Crippen LogP contribution in [0.25, 0.3) is 22.0 Å². The summed E-state index contributed by atoms with van der Waals surface area (Å²) in [6, 6.07) is 5.86. The molecule has 4 rings (SSSR count). The van der Waals surface area contributed by atoms with Crippen molar-refractivity contribution in [2.45, 2.75) is 38.3 Å². The van der Waals surface area contributed by atoms with E-state index in [1.165, 1.54) is 12.4 Å². The zero-order valence-electron chi connectivity index (χ0n) is 14.7. The second-order valence-electron chi connectivity index (χ2n) is 7.02. The van der Waals surface area contributed by atoms with Gasteiger partial charge in [-0.15, -0.1) is 0 Å². The molecule has 0 amide bonds. The number of hydrogen-bond acceptors (Lipinski definition) is 4. The molecule has 1 saturated carbocycles. The molecule has 2 aromatic heterocycles. The molecule has 0 unspecified atom stereocenters. The highest BCUT2D eigenvalue weighted by Gasteiger charge is 2.31. The molecule has 2 heterocycles. The standard InChI is InChI=1S/C20H18F2N4O/c1-10-2-18-14(3-11(10)6-23)16(9-26(18)12-4-13(27)5-12)15-7-25-8-17(24)19(15)20(21)22/h2-3,7-9,12-13,20,27H,4-5,24H2,1H3. The number of nitrogens with zero attached hydrogens (tertiary/aromatic N) is 3. The van der Waals surface area contributed by atoms with Gasteiger partial charge >= 0.3 is 0 Å². The summed E-state index contributed by atoms with van der Waals surface area (Å²) in [7, 11) is 0. The second-order valence-corrected chi connectivity index (χ2v) is 7.02. The predicted molar refractivity (Wildman–Crippen MR) is 98.3 cm³/mol. The van der Waals surface area contributed by atoms with E-state index in [9.17, 15) is 19.1 Å². The van der Waals surface area contributed by atoms with Gasteiger partial charge in [0, 0.05) is 40.5 Å². The van der Waals surface area contributed by atoms with E-state index in [1.807, 2.05) is 23.8 Å². The molecule has 3 aromatic rings. The fourth-order valence-corrected chi connectivity index (χ4v) is 3.77. The van der Waals surface area contributed by atoms with Crippen molar-refractivity contribution in [2.24, 2.45) is 0 Å². The van der Waals surface area contributed by atoms with E-state index in [0.29, 0.717) is 29.4 Å². The Hall–Kier alpha value is -2.98. The van der Waals surface area contributed by atoms with Gasteiger partial charge in [0.15, 0.2) is 0 Å². The lowest BCUT2D eigenvalue weighted by Crippen LogP contribution is -2.30. The van der Waals surface area contributed by atoms with Crippen LogP contribution < -0.4 is 5.73 Å². The van der Waals surface area contributed by atoms with E-state index in [1.54, 1.807) is 6.07 Å². The van der Waals surface area contributed by atoms with Crippen molar-refractivity contribution in [3.05, 3.63) is 47.4 Å². The van der Waals surface area contributed by atoms with Crippen LogP contribution in [-0.4, -0.2) is 20.8 Å². The summed E-state index contributed by atoms with van der Waals surface area (Å²) in [6.07, 6.45) is 2.55. The highest BCUT2D eigenvalue weighted by Crippen LogP contribution is 2.43. The SMILES string of the molecule is Cc1cc2c(cc1C#N)c(-c1cncc(N)c1C(F)F)cn2C1CC(O)C1. The number of nitriles is 1. The maximum absolute atomic E-state index is 13.7. The van der Waals surface area contributed by atoms with E-state index >= 15 is 0 Å². The first-order chi connectivity index (χ1) is 12.9. The average Bonchev–Trinajstić information content (AvgIpc) is 2.95. The Bertz CT molecular complexity index is 1080. The minimum absolute atomic E-state index is 0.0601. The van der Waals surface area contributed by atoms with Gasteiger partial charge in [-0.25, -0.2) is 8.78 Å². The number of nitrogens with two attached hydrogens (primary N) is 1. The first kappa shape index (κ1) is 17.4. The Morgan fingerprint density at radius 2 is 2.04 bits per heavy atom. The predicted octanol–water partition coefficient (Wildman–Crippen LogP) is 4.10. The van der Waals surface area contributed by atoms with Gasteiger partial charge in [-0.3, -0.25) is 4.98 Å². The fraction of sp³-hybridized carbons (Fsp3) is 0.300. The quantitative estimate of drug-likeness (QED) is 0.729. The number of pyridine rings is 1. The molecule has 5 nitrogen and oxygen atoms in total. The van der Waals surface area contributed by atoms with Crippen LogP contribution in [0.1, 0.15) is 42.0 Å². The van der Waals surface area contributed by atoms with Crippen molar-refractivity contribution in [3.63, 3.8) is 0 Å². The molecule has 0 bridgehead atoms. The Kier molecular flexibility index (Phi) is 4.08. The molecule has 1 aliphatic rings. The first-order valence-corrected chi connectivity index (χ1v) is 8.66. The summed E-state index contributed by atoms with van der Waals surface area (Å²) >= 11 is 0. The number of alkyl halides is 2. The maximum Gasteiger partial charge on any atom is 0.266 e. The minimum Gasteiger partial charge on any atom is -0.397 e. The van der Waals surface area contributed by atoms with Crippen LogP contribution in [0.2, 0.25) is 0 Å². The van der Waals surface area contributed by atoms with Crippen LogP contribution in [0.15, 0.2) is 30.7 Å². The molecule has 0 radical (unpaired) electrons. The van der Waals surface area contributed by atoms with Gasteiger partial charge in [-0.1, -0.05) is 0 Å². The molecule has 1 aromatic carbocycles. The van der Waals surface area contributed by atoms with Crippen molar-refractivity contribution in [3.8, 4) is 17.2 Å². The zero-order chi connectivity index (χ0) is 19.3. The summed E-state index contributed by atoms with van der Waals surface area (Å²) < 4.78 is 29.4. The van der Waals surface area contributed by atoms with Crippen LogP contribution in [-0.2, 0) is 0 Å². The molecular formula is C20H18F2N4O. The average molecular weight is 368 g/mol. The summed E-state index contributed by atoms with van der Waals surface area (Å²) in [4.78, 5) is 4.00. The van der Waals surface area contributed by atoms with Crippen molar-refractivity contribution < 1.29 is 13.9 Å². The van der Waals surface area contributed by atoms with Gasteiger partial charge in [0.25, 0.3) is 6.43 Å². The monoisotopic (exact) mass is 368 g/mol. The van der Waals surface area contributed by atoms with E-state index in [4.69, 9.17) is 5.73 Å². The molecule has 0 saturated heterocycles. The normalized spacial score (nSPS) is 19.3. The topological polar surface area (TPSA) is 87.9 Å². The lowest BCUT2D eigenvalue weighted by atomic mass is 9.89. The lowest BCUT2D eigenvalue weighted by molar-refractivity contribution is 0.0504. The van der Waals surface area contributed by atoms with Crippen LogP contribution in [0.5, 0.6) is 0 Å². The van der Waals surface area contributed by atoms with Crippen LogP contribution in [0.3, 0.4) is 0 Å². The molecule has 0 atom stereocenters. The highest BCUT2D eigenvalue weighted by atomic mass is 19.3. The number of halogens is 2.